The largest absolute Gasteiger partial charge is 0.372 e. The number of nitrogens with one attached hydrogen (secondary N) is 1. The second kappa shape index (κ2) is 5.73. The topological polar surface area (TPSA) is 32.3 Å². The number of anilines is 2. The van der Waals surface area contributed by atoms with E-state index in [1.165, 1.54) is 18.5 Å². The molecule has 1 N–H and O–H groups in total. The molecule has 118 valence electrons. The molecule has 0 unspecified atom stereocenters. The van der Waals surface area contributed by atoms with Crippen LogP contribution in [0.4, 0.5) is 11.4 Å². The van der Waals surface area contributed by atoms with Crippen molar-refractivity contribution < 1.29 is 4.79 Å². The highest BCUT2D eigenvalue weighted by atomic mass is 16.2. The van der Waals surface area contributed by atoms with Gasteiger partial charge in [-0.2, -0.15) is 0 Å². The second-order valence-electron chi connectivity index (χ2n) is 6.64. The van der Waals surface area contributed by atoms with Crippen LogP contribution in [0.5, 0.6) is 0 Å². The number of carbonyl (C=O) groups excluding carboxylic acids is 1. The normalized spacial score (nSPS) is 18.7. The van der Waals surface area contributed by atoms with E-state index in [4.69, 9.17) is 0 Å². The summed E-state index contributed by atoms with van der Waals surface area (Å²) in [5.41, 5.74) is 2.96. The van der Waals surface area contributed by atoms with E-state index in [0.717, 1.165) is 37.2 Å². The molecular weight excluding hydrogens is 284 g/mol. The molecule has 0 bridgehead atoms. The Morgan fingerprint density at radius 1 is 0.913 bits per heavy atom. The molecule has 1 aliphatic carbocycles. The Labute approximate surface area is 137 Å². The van der Waals surface area contributed by atoms with Crippen LogP contribution in [0.15, 0.2) is 54.6 Å². The van der Waals surface area contributed by atoms with Gasteiger partial charge in [0.15, 0.2) is 0 Å². The maximum atomic E-state index is 12.7. The number of hydrogen-bond donors (Lipinski definition) is 1. The Balaban J connectivity index is 1.47. The summed E-state index contributed by atoms with van der Waals surface area (Å²) in [4.78, 5) is 15.1. The fourth-order valence-corrected chi connectivity index (χ4v) is 3.51. The molecule has 1 saturated heterocycles. The fraction of sp³-hybridized carbons (Fsp3) is 0.350. The molecule has 1 heterocycles. The summed E-state index contributed by atoms with van der Waals surface area (Å²) in [6, 6.07) is 18.4. The van der Waals surface area contributed by atoms with Crippen LogP contribution < -0.4 is 10.2 Å². The van der Waals surface area contributed by atoms with Gasteiger partial charge in [-0.05, 0) is 55.5 Å². The first-order valence-electron chi connectivity index (χ1n) is 8.50. The first-order chi connectivity index (χ1) is 11.3. The molecule has 23 heavy (non-hydrogen) atoms. The van der Waals surface area contributed by atoms with E-state index in [1.807, 2.05) is 30.3 Å². The maximum absolute atomic E-state index is 12.7. The zero-order valence-corrected chi connectivity index (χ0v) is 13.3. The quantitative estimate of drug-likeness (QED) is 0.927. The van der Waals surface area contributed by atoms with Crippen molar-refractivity contribution in [3.63, 3.8) is 0 Å². The van der Waals surface area contributed by atoms with Gasteiger partial charge in [0.2, 0.25) is 5.91 Å². The van der Waals surface area contributed by atoms with Crippen molar-refractivity contribution in [3.8, 4) is 0 Å². The molecule has 1 saturated carbocycles. The summed E-state index contributed by atoms with van der Waals surface area (Å²) in [6.07, 6.45) is 4.43. The van der Waals surface area contributed by atoms with Crippen LogP contribution in [0.3, 0.4) is 0 Å². The van der Waals surface area contributed by atoms with E-state index in [9.17, 15) is 4.79 Å². The minimum absolute atomic E-state index is 0.123. The number of carbonyl (C=O) groups is 1. The SMILES string of the molecule is O=C(Nc1ccc(N2CCCC2)cc1)C1(c2ccccc2)CC1. The maximum Gasteiger partial charge on any atom is 0.235 e. The average molecular weight is 306 g/mol. The van der Waals surface area contributed by atoms with Crippen molar-refractivity contribution in [3.05, 3.63) is 60.2 Å². The summed E-state index contributed by atoms with van der Waals surface area (Å²) in [6.45, 7) is 2.28. The van der Waals surface area contributed by atoms with Gasteiger partial charge in [0.05, 0.1) is 5.41 Å². The molecule has 1 aliphatic heterocycles. The molecule has 0 atom stereocenters. The number of hydrogen-bond acceptors (Lipinski definition) is 2. The van der Waals surface area contributed by atoms with Gasteiger partial charge in [-0.15, -0.1) is 0 Å². The molecule has 4 rings (SSSR count). The zero-order chi connectivity index (χ0) is 15.7. The van der Waals surface area contributed by atoms with Gasteiger partial charge in [0.25, 0.3) is 0 Å². The molecular formula is C20H22N2O. The van der Waals surface area contributed by atoms with E-state index in [0.29, 0.717) is 0 Å². The van der Waals surface area contributed by atoms with Crippen molar-refractivity contribution in [2.75, 3.05) is 23.3 Å². The molecule has 2 aromatic rings. The third-order valence-corrected chi connectivity index (χ3v) is 5.11. The summed E-state index contributed by atoms with van der Waals surface area (Å²) >= 11 is 0. The molecule has 1 amide bonds. The smallest absolute Gasteiger partial charge is 0.235 e. The van der Waals surface area contributed by atoms with E-state index < -0.39 is 0 Å². The summed E-state index contributed by atoms with van der Waals surface area (Å²) in [7, 11) is 0. The molecule has 0 radical (unpaired) electrons. The third-order valence-electron chi connectivity index (χ3n) is 5.11. The lowest BCUT2D eigenvalue weighted by Gasteiger charge is -2.19. The highest BCUT2D eigenvalue weighted by molar-refractivity contribution is 6.01. The van der Waals surface area contributed by atoms with Crippen LogP contribution in [0.25, 0.3) is 0 Å². The Kier molecular flexibility index (Phi) is 3.56. The number of benzene rings is 2. The molecule has 3 nitrogen and oxygen atoms in total. The number of rotatable bonds is 4. The lowest BCUT2D eigenvalue weighted by molar-refractivity contribution is -0.118. The standard InChI is InChI=1S/C20H22N2O/c23-19(20(12-13-20)16-6-2-1-3-7-16)21-17-8-10-18(11-9-17)22-14-4-5-15-22/h1-3,6-11H,4-5,12-15H2,(H,21,23). The fourth-order valence-electron chi connectivity index (χ4n) is 3.51. The van der Waals surface area contributed by atoms with E-state index >= 15 is 0 Å². The van der Waals surface area contributed by atoms with Gasteiger partial charge >= 0.3 is 0 Å². The van der Waals surface area contributed by atoms with Crippen LogP contribution in [-0.4, -0.2) is 19.0 Å². The summed E-state index contributed by atoms with van der Waals surface area (Å²) < 4.78 is 0. The van der Waals surface area contributed by atoms with Crippen molar-refractivity contribution in [2.45, 2.75) is 31.1 Å². The van der Waals surface area contributed by atoms with Crippen molar-refractivity contribution in [2.24, 2.45) is 0 Å². The van der Waals surface area contributed by atoms with Gasteiger partial charge in [0, 0.05) is 24.5 Å². The zero-order valence-electron chi connectivity index (χ0n) is 13.3. The second-order valence-corrected chi connectivity index (χ2v) is 6.64. The Morgan fingerprint density at radius 3 is 2.17 bits per heavy atom. The first-order valence-corrected chi connectivity index (χ1v) is 8.50. The molecule has 0 spiro atoms. The van der Waals surface area contributed by atoms with Gasteiger partial charge in [-0.1, -0.05) is 30.3 Å². The first kappa shape index (κ1) is 14.3. The molecule has 2 aromatic carbocycles. The van der Waals surface area contributed by atoms with Gasteiger partial charge in [-0.25, -0.2) is 0 Å². The van der Waals surface area contributed by atoms with E-state index in [-0.39, 0.29) is 11.3 Å². The van der Waals surface area contributed by atoms with Gasteiger partial charge in [-0.3, -0.25) is 4.79 Å². The molecule has 3 heteroatoms. The predicted molar refractivity (Wildman–Crippen MR) is 93.9 cm³/mol. The Bertz CT molecular complexity index is 683. The van der Waals surface area contributed by atoms with Crippen molar-refractivity contribution in [1.29, 1.82) is 0 Å². The number of nitrogens with zero attached hydrogens (tertiary/aromatic N) is 1. The highest BCUT2D eigenvalue weighted by Gasteiger charge is 2.51. The third kappa shape index (κ3) is 2.72. The molecule has 2 fully saturated rings. The Hall–Kier alpha value is -2.29. The minimum Gasteiger partial charge on any atom is -0.372 e. The van der Waals surface area contributed by atoms with E-state index in [2.05, 4.69) is 34.5 Å². The average Bonchev–Trinajstić information content (AvgIpc) is 3.24. The lowest BCUT2D eigenvalue weighted by atomic mass is 9.95. The minimum atomic E-state index is -0.311. The predicted octanol–water partition coefficient (Wildman–Crippen LogP) is 3.96. The lowest BCUT2D eigenvalue weighted by Crippen LogP contribution is -2.27. The van der Waals surface area contributed by atoms with Gasteiger partial charge < -0.3 is 10.2 Å². The van der Waals surface area contributed by atoms with Gasteiger partial charge in [0.1, 0.15) is 0 Å². The number of amides is 1. The Morgan fingerprint density at radius 2 is 1.57 bits per heavy atom. The van der Waals surface area contributed by atoms with Crippen LogP contribution in [-0.2, 0) is 10.2 Å². The van der Waals surface area contributed by atoms with Crippen LogP contribution in [0.1, 0.15) is 31.2 Å². The van der Waals surface area contributed by atoms with Crippen LogP contribution in [0, 0.1) is 0 Å². The van der Waals surface area contributed by atoms with Crippen LogP contribution >= 0.6 is 0 Å². The highest BCUT2D eigenvalue weighted by Crippen LogP contribution is 2.48. The summed E-state index contributed by atoms with van der Waals surface area (Å²) in [5, 5.41) is 3.10. The van der Waals surface area contributed by atoms with Crippen molar-refractivity contribution >= 4 is 17.3 Å². The molecule has 0 aromatic heterocycles. The van der Waals surface area contributed by atoms with Crippen LogP contribution in [0.2, 0.25) is 0 Å². The van der Waals surface area contributed by atoms with Crippen molar-refractivity contribution in [1.82, 2.24) is 0 Å². The van der Waals surface area contributed by atoms with E-state index in [1.54, 1.807) is 0 Å². The monoisotopic (exact) mass is 306 g/mol. The summed E-state index contributed by atoms with van der Waals surface area (Å²) in [5.74, 6) is 0.123. The molecule has 2 aliphatic rings.